The topological polar surface area (TPSA) is 96.4 Å². The van der Waals surface area contributed by atoms with Crippen LogP contribution < -0.4 is 0 Å². The quantitative estimate of drug-likeness (QED) is 0.732. The normalized spacial score (nSPS) is 23.5. The third kappa shape index (κ3) is 4.13. The van der Waals surface area contributed by atoms with Crippen molar-refractivity contribution in [3.63, 3.8) is 0 Å². The Balaban J connectivity index is 1.85. The number of hydrogen-bond acceptors (Lipinski definition) is 6. The minimum absolute atomic E-state index is 0.0958. The highest BCUT2D eigenvalue weighted by Crippen LogP contribution is 2.27. The fourth-order valence-electron chi connectivity index (χ4n) is 2.82. The van der Waals surface area contributed by atoms with E-state index >= 15 is 0 Å². The zero-order chi connectivity index (χ0) is 17.4. The minimum atomic E-state index is -1.16. The van der Waals surface area contributed by atoms with Gasteiger partial charge in [-0.2, -0.15) is 0 Å². The van der Waals surface area contributed by atoms with Gasteiger partial charge >= 0.3 is 12.1 Å². The van der Waals surface area contributed by atoms with E-state index in [4.69, 9.17) is 4.74 Å². The lowest BCUT2D eigenvalue weighted by molar-refractivity contribution is -0.145. The predicted molar refractivity (Wildman–Crippen MR) is 79.5 cm³/mol. The maximum atomic E-state index is 11.9. The molecule has 8 heteroatoms. The molecule has 2 saturated heterocycles. The third-order valence-electron chi connectivity index (χ3n) is 3.86. The third-order valence-corrected chi connectivity index (χ3v) is 3.86. The summed E-state index contributed by atoms with van der Waals surface area (Å²) in [6.07, 6.45) is -0.388. The Hall–Kier alpha value is -1.83. The lowest BCUT2D eigenvalue weighted by Gasteiger charge is -2.47. The van der Waals surface area contributed by atoms with Crippen LogP contribution in [0.2, 0.25) is 0 Å². The molecule has 1 unspecified atom stereocenters. The van der Waals surface area contributed by atoms with Crippen molar-refractivity contribution in [3.8, 4) is 0 Å². The van der Waals surface area contributed by atoms with Gasteiger partial charge in [-0.3, -0.25) is 9.59 Å². The molecule has 0 aromatic carbocycles. The lowest BCUT2D eigenvalue weighted by Crippen LogP contribution is -2.68. The van der Waals surface area contributed by atoms with Gasteiger partial charge in [0.25, 0.3) is 0 Å². The van der Waals surface area contributed by atoms with Gasteiger partial charge in [0.15, 0.2) is 0 Å². The summed E-state index contributed by atoms with van der Waals surface area (Å²) in [7, 11) is 1.29. The van der Waals surface area contributed by atoms with Crippen LogP contribution >= 0.6 is 0 Å². The van der Waals surface area contributed by atoms with E-state index < -0.39 is 29.2 Å². The largest absolute Gasteiger partial charge is 0.469 e. The molecular weight excluding hydrogens is 304 g/mol. The van der Waals surface area contributed by atoms with E-state index in [0.29, 0.717) is 0 Å². The predicted octanol–water partition coefficient (Wildman–Crippen LogP) is -0.0103. The highest BCUT2D eigenvalue weighted by atomic mass is 16.6. The summed E-state index contributed by atoms with van der Waals surface area (Å²) < 4.78 is 9.87. The number of β-amino-alcohol motifs (C(OH)–C–C–N with tert-alkyl or cyclic N) is 1. The molecule has 0 aromatic heterocycles. The van der Waals surface area contributed by atoms with Crippen molar-refractivity contribution in [2.75, 3.05) is 33.3 Å². The molecule has 0 aliphatic carbocycles. The monoisotopic (exact) mass is 328 g/mol. The Morgan fingerprint density at radius 3 is 2.48 bits per heavy atom. The Labute approximate surface area is 135 Å². The maximum Gasteiger partial charge on any atom is 0.410 e. The first-order valence-corrected chi connectivity index (χ1v) is 7.59. The van der Waals surface area contributed by atoms with Gasteiger partial charge in [0.05, 0.1) is 32.7 Å². The van der Waals surface area contributed by atoms with Crippen LogP contribution in [0.25, 0.3) is 0 Å². The molecule has 0 saturated carbocycles. The van der Waals surface area contributed by atoms with Crippen LogP contribution in [0.3, 0.4) is 0 Å². The highest BCUT2D eigenvalue weighted by Gasteiger charge is 2.48. The van der Waals surface area contributed by atoms with E-state index in [-0.39, 0.29) is 38.5 Å². The van der Waals surface area contributed by atoms with Crippen molar-refractivity contribution in [1.82, 2.24) is 9.80 Å². The molecule has 0 spiro atoms. The van der Waals surface area contributed by atoms with E-state index in [9.17, 15) is 19.5 Å². The molecule has 2 aliphatic heterocycles. The number of hydrogen-bond donors (Lipinski definition) is 1. The van der Waals surface area contributed by atoms with Crippen molar-refractivity contribution in [1.29, 1.82) is 0 Å². The second-order valence-corrected chi connectivity index (χ2v) is 7.26. The standard InChI is InChI=1S/C15H24N2O6/c1-14(2,3)23-13(20)17-8-15(21,9-17)7-16-6-10(5-11(16)18)12(19)22-4/h10,21H,5-9H2,1-4H3. The van der Waals surface area contributed by atoms with Gasteiger partial charge in [0, 0.05) is 13.0 Å². The number of methoxy groups -OCH3 is 1. The molecule has 0 radical (unpaired) electrons. The summed E-state index contributed by atoms with van der Waals surface area (Å²) in [5.74, 6) is -1.10. The van der Waals surface area contributed by atoms with Crippen LogP contribution in [0.15, 0.2) is 0 Å². The number of carbonyl (C=O) groups excluding carboxylic acids is 3. The minimum Gasteiger partial charge on any atom is -0.469 e. The van der Waals surface area contributed by atoms with Gasteiger partial charge in [-0.15, -0.1) is 0 Å². The van der Waals surface area contributed by atoms with Gasteiger partial charge in [-0.05, 0) is 20.8 Å². The van der Waals surface area contributed by atoms with Crippen LogP contribution in [-0.4, -0.2) is 77.4 Å². The summed E-state index contributed by atoms with van der Waals surface area (Å²) in [6.45, 7) is 5.86. The molecule has 8 nitrogen and oxygen atoms in total. The number of esters is 1. The van der Waals surface area contributed by atoms with Crippen molar-refractivity contribution in [2.24, 2.45) is 5.92 Å². The van der Waals surface area contributed by atoms with E-state index in [1.165, 1.54) is 16.9 Å². The lowest BCUT2D eigenvalue weighted by atomic mass is 9.94. The van der Waals surface area contributed by atoms with Crippen molar-refractivity contribution in [2.45, 2.75) is 38.4 Å². The van der Waals surface area contributed by atoms with Crippen LogP contribution in [0.5, 0.6) is 0 Å². The molecule has 1 atom stereocenters. The molecule has 1 N–H and O–H groups in total. The SMILES string of the molecule is COC(=O)C1CC(=O)N(CC2(O)CN(C(=O)OC(C)(C)C)C2)C1. The highest BCUT2D eigenvalue weighted by molar-refractivity contribution is 5.86. The molecular formula is C15H24N2O6. The van der Waals surface area contributed by atoms with Crippen molar-refractivity contribution in [3.05, 3.63) is 0 Å². The van der Waals surface area contributed by atoms with Gasteiger partial charge in [-0.25, -0.2) is 4.79 Å². The Morgan fingerprint density at radius 1 is 1.35 bits per heavy atom. The molecule has 2 aliphatic rings. The summed E-state index contributed by atoms with van der Waals surface area (Å²) in [6, 6.07) is 0. The Kier molecular flexibility index (Phi) is 4.57. The van der Waals surface area contributed by atoms with Crippen LogP contribution in [0, 0.1) is 5.92 Å². The fourth-order valence-corrected chi connectivity index (χ4v) is 2.82. The van der Waals surface area contributed by atoms with E-state index in [1.807, 2.05) is 0 Å². The molecule has 0 aromatic rings. The first-order chi connectivity index (χ1) is 10.5. The molecule has 2 amide bonds. The second kappa shape index (κ2) is 5.99. The molecule has 23 heavy (non-hydrogen) atoms. The zero-order valence-corrected chi connectivity index (χ0v) is 14.0. The molecule has 2 heterocycles. The summed E-state index contributed by atoms with van der Waals surface area (Å²) in [5, 5.41) is 10.4. The fraction of sp³-hybridized carbons (Fsp3) is 0.800. The van der Waals surface area contributed by atoms with Crippen LogP contribution in [0.1, 0.15) is 27.2 Å². The summed E-state index contributed by atoms with van der Waals surface area (Å²) in [4.78, 5) is 38.1. The van der Waals surface area contributed by atoms with Gasteiger partial charge < -0.3 is 24.4 Å². The van der Waals surface area contributed by atoms with Gasteiger partial charge in [0.1, 0.15) is 11.2 Å². The van der Waals surface area contributed by atoms with Gasteiger partial charge in [0.2, 0.25) is 5.91 Å². The van der Waals surface area contributed by atoms with Crippen LogP contribution in [0.4, 0.5) is 4.79 Å². The van der Waals surface area contributed by atoms with Crippen LogP contribution in [-0.2, 0) is 19.1 Å². The Bertz CT molecular complexity index is 507. The zero-order valence-electron chi connectivity index (χ0n) is 14.0. The summed E-state index contributed by atoms with van der Waals surface area (Å²) >= 11 is 0. The Morgan fingerprint density at radius 2 is 1.96 bits per heavy atom. The van der Waals surface area contributed by atoms with Gasteiger partial charge in [-0.1, -0.05) is 0 Å². The first-order valence-electron chi connectivity index (χ1n) is 7.59. The number of amides is 2. The average molecular weight is 328 g/mol. The number of ether oxygens (including phenoxy) is 2. The number of nitrogens with zero attached hydrogens (tertiary/aromatic N) is 2. The molecule has 2 fully saturated rings. The van der Waals surface area contributed by atoms with Crippen molar-refractivity contribution < 1.29 is 29.0 Å². The number of likely N-dealkylation sites (tertiary alicyclic amines) is 2. The molecule has 130 valence electrons. The van der Waals surface area contributed by atoms with Crippen molar-refractivity contribution >= 4 is 18.0 Å². The molecule has 2 rings (SSSR count). The number of carbonyl (C=O) groups is 3. The van der Waals surface area contributed by atoms with E-state index in [2.05, 4.69) is 4.74 Å². The summed E-state index contributed by atoms with van der Waals surface area (Å²) in [5.41, 5.74) is -1.75. The molecule has 0 bridgehead atoms. The van der Waals surface area contributed by atoms with E-state index in [1.54, 1.807) is 20.8 Å². The second-order valence-electron chi connectivity index (χ2n) is 7.26. The smallest absolute Gasteiger partial charge is 0.410 e. The first kappa shape index (κ1) is 17.5. The number of aliphatic hydroxyl groups is 1. The maximum absolute atomic E-state index is 11.9. The number of rotatable bonds is 3. The van der Waals surface area contributed by atoms with E-state index in [0.717, 1.165) is 0 Å². The average Bonchev–Trinajstić information content (AvgIpc) is 2.74.